The maximum absolute atomic E-state index is 12.5. The molecule has 1 aliphatic heterocycles. The van der Waals surface area contributed by atoms with Gasteiger partial charge < -0.3 is 4.74 Å². The zero-order valence-corrected chi connectivity index (χ0v) is 12.4. The predicted molar refractivity (Wildman–Crippen MR) is 76.7 cm³/mol. The van der Waals surface area contributed by atoms with Crippen molar-refractivity contribution in [2.45, 2.75) is 18.1 Å². The molecule has 1 unspecified atom stereocenters. The first-order valence-corrected chi connectivity index (χ1v) is 8.21. The molecule has 3 nitrogen and oxygen atoms in total. The Morgan fingerprint density at radius 3 is 2.59 bits per heavy atom. The summed E-state index contributed by atoms with van der Waals surface area (Å²) in [5, 5.41) is 0.100. The molecular weight excluding hydrogens is 302 g/mol. The summed E-state index contributed by atoms with van der Waals surface area (Å²) in [5.41, 5.74) is 0.603. The molecule has 1 saturated heterocycles. The van der Waals surface area contributed by atoms with E-state index in [1.807, 2.05) is 0 Å². The van der Waals surface area contributed by atoms with Crippen molar-refractivity contribution in [2.75, 3.05) is 19.5 Å². The summed E-state index contributed by atoms with van der Waals surface area (Å²) in [6.07, 6.45) is 6.62. The lowest BCUT2D eigenvalue weighted by molar-refractivity contribution is 0.0990. The Morgan fingerprint density at radius 1 is 1.53 bits per heavy atom. The minimum absolute atomic E-state index is 0.100. The third-order valence-electron chi connectivity index (χ3n) is 2.59. The molecule has 5 heteroatoms. The Bertz CT molecular complexity index is 441. The maximum atomic E-state index is 12.5. The van der Waals surface area contributed by atoms with E-state index in [9.17, 15) is 4.21 Å². The SMILES string of the molecule is C=C/C(=C\C(=C)Br)N=S(C)(=O)C1CCOCC1. The van der Waals surface area contributed by atoms with Crippen LogP contribution >= 0.6 is 15.9 Å². The van der Waals surface area contributed by atoms with Crippen LogP contribution in [0.15, 0.2) is 39.9 Å². The van der Waals surface area contributed by atoms with E-state index in [0.29, 0.717) is 23.4 Å². The van der Waals surface area contributed by atoms with E-state index in [1.165, 1.54) is 0 Å². The van der Waals surface area contributed by atoms with Gasteiger partial charge in [0.25, 0.3) is 0 Å². The third kappa shape index (κ3) is 4.77. The molecule has 1 rings (SSSR count). The van der Waals surface area contributed by atoms with Crippen molar-refractivity contribution in [3.8, 4) is 0 Å². The van der Waals surface area contributed by atoms with Crippen molar-refractivity contribution in [1.82, 2.24) is 0 Å². The van der Waals surface area contributed by atoms with E-state index < -0.39 is 9.73 Å². The number of halogens is 1. The minimum atomic E-state index is -2.25. The zero-order valence-electron chi connectivity index (χ0n) is 10.0. The molecular formula is C12H18BrNO2S. The second-order valence-electron chi connectivity index (χ2n) is 3.98. The first-order chi connectivity index (χ1) is 7.95. The van der Waals surface area contributed by atoms with Gasteiger partial charge in [0.1, 0.15) is 0 Å². The highest BCUT2D eigenvalue weighted by atomic mass is 79.9. The van der Waals surface area contributed by atoms with Gasteiger partial charge in [-0.1, -0.05) is 29.1 Å². The van der Waals surface area contributed by atoms with Gasteiger partial charge in [-0.05, 0) is 25.0 Å². The summed E-state index contributed by atoms with van der Waals surface area (Å²) < 4.78 is 22.8. The normalized spacial score (nSPS) is 21.6. The van der Waals surface area contributed by atoms with Crippen molar-refractivity contribution in [1.29, 1.82) is 0 Å². The van der Waals surface area contributed by atoms with Gasteiger partial charge in [-0.15, -0.1) is 0 Å². The molecule has 17 heavy (non-hydrogen) atoms. The van der Waals surface area contributed by atoms with Crippen molar-refractivity contribution in [2.24, 2.45) is 4.36 Å². The summed E-state index contributed by atoms with van der Waals surface area (Å²) in [4.78, 5) is 0. The molecule has 1 aliphatic rings. The Balaban J connectivity index is 2.97. The summed E-state index contributed by atoms with van der Waals surface area (Å²) in [6.45, 7) is 8.71. The molecule has 0 amide bonds. The summed E-state index contributed by atoms with van der Waals surface area (Å²) in [5.74, 6) is 0. The molecule has 96 valence electrons. The minimum Gasteiger partial charge on any atom is -0.381 e. The molecule has 0 saturated carbocycles. The Hall–Kier alpha value is -0.390. The van der Waals surface area contributed by atoms with Crippen molar-refractivity contribution in [3.63, 3.8) is 0 Å². The number of hydrogen-bond donors (Lipinski definition) is 0. The van der Waals surface area contributed by atoms with Crippen LogP contribution in [0, 0.1) is 0 Å². The van der Waals surface area contributed by atoms with Crippen LogP contribution in [0.25, 0.3) is 0 Å². The zero-order chi connectivity index (χ0) is 12.9. The van der Waals surface area contributed by atoms with Gasteiger partial charge in [0, 0.05) is 29.2 Å². The average Bonchev–Trinajstić information content (AvgIpc) is 2.28. The first kappa shape index (κ1) is 14.7. The van der Waals surface area contributed by atoms with E-state index in [1.54, 1.807) is 18.4 Å². The topological polar surface area (TPSA) is 38.7 Å². The van der Waals surface area contributed by atoms with Crippen LogP contribution in [0.3, 0.4) is 0 Å². The molecule has 1 fully saturated rings. The average molecular weight is 320 g/mol. The van der Waals surface area contributed by atoms with E-state index >= 15 is 0 Å². The Labute approximate surface area is 112 Å². The highest BCUT2D eigenvalue weighted by molar-refractivity contribution is 9.11. The van der Waals surface area contributed by atoms with Gasteiger partial charge in [-0.3, -0.25) is 0 Å². The second-order valence-corrected chi connectivity index (χ2v) is 7.57. The van der Waals surface area contributed by atoms with Crippen LogP contribution in [0.4, 0.5) is 0 Å². The number of allylic oxidation sites excluding steroid dienone is 3. The van der Waals surface area contributed by atoms with Gasteiger partial charge in [-0.25, -0.2) is 4.21 Å². The fraction of sp³-hybridized carbons (Fsp3) is 0.500. The van der Waals surface area contributed by atoms with Gasteiger partial charge >= 0.3 is 0 Å². The molecule has 0 aromatic rings. The Morgan fingerprint density at radius 2 is 2.12 bits per heavy atom. The fourth-order valence-corrected chi connectivity index (χ4v) is 3.68. The van der Waals surface area contributed by atoms with Crippen LogP contribution in [0.1, 0.15) is 12.8 Å². The lowest BCUT2D eigenvalue weighted by atomic mass is 10.2. The lowest BCUT2D eigenvalue weighted by Gasteiger charge is -2.23. The van der Waals surface area contributed by atoms with E-state index in [-0.39, 0.29) is 5.25 Å². The molecule has 0 aromatic heterocycles. The van der Waals surface area contributed by atoms with Crippen molar-refractivity contribution < 1.29 is 8.95 Å². The first-order valence-electron chi connectivity index (χ1n) is 5.43. The van der Waals surface area contributed by atoms with Gasteiger partial charge in [0.2, 0.25) is 0 Å². The van der Waals surface area contributed by atoms with E-state index in [4.69, 9.17) is 4.74 Å². The van der Waals surface area contributed by atoms with E-state index in [0.717, 1.165) is 12.8 Å². The number of rotatable bonds is 4. The third-order valence-corrected chi connectivity index (χ3v) is 5.10. The van der Waals surface area contributed by atoms with Crippen molar-refractivity contribution in [3.05, 3.63) is 35.5 Å². The van der Waals surface area contributed by atoms with Crippen LogP contribution in [-0.2, 0) is 14.5 Å². The van der Waals surface area contributed by atoms with Gasteiger partial charge in [-0.2, -0.15) is 4.36 Å². The quantitative estimate of drug-likeness (QED) is 0.746. The number of ether oxygens (including phenoxy) is 1. The fourth-order valence-electron chi connectivity index (χ4n) is 1.68. The van der Waals surface area contributed by atoms with Crippen LogP contribution < -0.4 is 0 Å². The van der Waals surface area contributed by atoms with Crippen molar-refractivity contribution >= 4 is 25.7 Å². The largest absolute Gasteiger partial charge is 0.381 e. The van der Waals surface area contributed by atoms with Crippen LogP contribution in [0.2, 0.25) is 0 Å². The summed E-state index contributed by atoms with van der Waals surface area (Å²) in [7, 11) is -2.25. The lowest BCUT2D eigenvalue weighted by Crippen LogP contribution is -2.27. The molecule has 0 aliphatic carbocycles. The maximum Gasteiger partial charge on any atom is 0.0735 e. The van der Waals surface area contributed by atoms with E-state index in [2.05, 4.69) is 33.5 Å². The molecule has 0 radical (unpaired) electrons. The summed E-state index contributed by atoms with van der Waals surface area (Å²) in [6, 6.07) is 0. The van der Waals surface area contributed by atoms with Gasteiger partial charge in [0.05, 0.1) is 15.4 Å². The van der Waals surface area contributed by atoms with Gasteiger partial charge in [0.15, 0.2) is 0 Å². The smallest absolute Gasteiger partial charge is 0.0735 e. The monoisotopic (exact) mass is 319 g/mol. The highest BCUT2D eigenvalue weighted by Gasteiger charge is 2.22. The molecule has 0 spiro atoms. The number of nitrogens with zero attached hydrogens (tertiary/aromatic N) is 1. The standard InChI is InChI=1S/C12H18BrNO2S/c1-4-11(9-10(2)13)14-17(3,15)12-5-7-16-8-6-12/h4,9,12H,1-2,5-8H2,3H3/b11-9+. The van der Waals surface area contributed by atoms with Crippen LogP contribution in [0.5, 0.6) is 0 Å². The number of hydrogen-bond acceptors (Lipinski definition) is 3. The predicted octanol–water partition coefficient (Wildman–Crippen LogP) is 3.24. The second kappa shape index (κ2) is 6.52. The molecule has 0 aromatic carbocycles. The molecule has 1 heterocycles. The Kier molecular flexibility index (Phi) is 5.62. The molecule has 1 atom stereocenters. The summed E-state index contributed by atoms with van der Waals surface area (Å²) >= 11 is 3.23. The molecule has 0 bridgehead atoms. The molecule has 0 N–H and O–H groups in total. The highest BCUT2D eigenvalue weighted by Crippen LogP contribution is 2.20. The van der Waals surface area contributed by atoms with Crippen LogP contribution in [-0.4, -0.2) is 28.9 Å².